The second kappa shape index (κ2) is 5.25. The van der Waals surface area contributed by atoms with E-state index < -0.39 is 17.7 Å². The Balaban J connectivity index is 3.14. The smallest absolute Gasteiger partial charge is 0.134 e. The highest BCUT2D eigenvalue weighted by atomic mass is 19.1. The number of ether oxygens (including phenoxy) is 1. The minimum atomic E-state index is -0.648. The lowest BCUT2D eigenvalue weighted by Crippen LogP contribution is -2.21. The molecule has 0 heterocycles. The third-order valence-corrected chi connectivity index (χ3v) is 2.88. The van der Waals surface area contributed by atoms with Crippen molar-refractivity contribution >= 4 is 0 Å². The molecule has 0 saturated carbocycles. The van der Waals surface area contributed by atoms with Crippen molar-refractivity contribution in [2.75, 3.05) is 7.11 Å². The average molecular weight is 229 g/mol. The first kappa shape index (κ1) is 12.9. The molecule has 1 aromatic rings. The highest BCUT2D eigenvalue weighted by molar-refractivity contribution is 5.32. The lowest BCUT2D eigenvalue weighted by molar-refractivity contribution is 0.392. The van der Waals surface area contributed by atoms with Gasteiger partial charge in [-0.3, -0.25) is 0 Å². The molecule has 1 aromatic carbocycles. The molecule has 2 N–H and O–H groups in total. The van der Waals surface area contributed by atoms with Crippen LogP contribution >= 0.6 is 0 Å². The minimum Gasteiger partial charge on any atom is -0.497 e. The van der Waals surface area contributed by atoms with Crippen LogP contribution in [0, 0.1) is 17.6 Å². The largest absolute Gasteiger partial charge is 0.497 e. The van der Waals surface area contributed by atoms with E-state index in [0.717, 1.165) is 18.6 Å². The maximum Gasteiger partial charge on any atom is 0.134 e. The van der Waals surface area contributed by atoms with Gasteiger partial charge in [-0.1, -0.05) is 20.3 Å². The molecule has 0 aromatic heterocycles. The Morgan fingerprint density at radius 3 is 2.19 bits per heavy atom. The van der Waals surface area contributed by atoms with Crippen LogP contribution in [0.25, 0.3) is 0 Å². The van der Waals surface area contributed by atoms with Crippen molar-refractivity contribution < 1.29 is 13.5 Å². The van der Waals surface area contributed by atoms with Gasteiger partial charge in [-0.15, -0.1) is 0 Å². The van der Waals surface area contributed by atoms with E-state index in [1.165, 1.54) is 7.11 Å². The summed E-state index contributed by atoms with van der Waals surface area (Å²) in [5, 5.41) is 0. The number of nitrogens with two attached hydrogens (primary N) is 1. The molecule has 0 aliphatic heterocycles. The van der Waals surface area contributed by atoms with Crippen molar-refractivity contribution in [2.45, 2.75) is 26.3 Å². The third kappa shape index (κ3) is 2.50. The maximum atomic E-state index is 13.6. The molecule has 0 saturated heterocycles. The molecule has 90 valence electrons. The van der Waals surface area contributed by atoms with Crippen LogP contribution in [0.15, 0.2) is 12.1 Å². The van der Waals surface area contributed by atoms with Crippen molar-refractivity contribution in [3.8, 4) is 5.75 Å². The molecule has 0 spiro atoms. The van der Waals surface area contributed by atoms with E-state index in [1.54, 1.807) is 0 Å². The summed E-state index contributed by atoms with van der Waals surface area (Å²) < 4.78 is 32.1. The van der Waals surface area contributed by atoms with Crippen LogP contribution in [0.1, 0.15) is 31.9 Å². The number of methoxy groups -OCH3 is 1. The van der Waals surface area contributed by atoms with E-state index >= 15 is 0 Å². The number of benzene rings is 1. The highest BCUT2D eigenvalue weighted by Gasteiger charge is 2.22. The van der Waals surface area contributed by atoms with Crippen LogP contribution in [-0.4, -0.2) is 7.11 Å². The monoisotopic (exact) mass is 229 g/mol. The molecule has 0 fully saturated rings. The molecule has 4 heteroatoms. The number of halogens is 2. The zero-order valence-corrected chi connectivity index (χ0v) is 9.76. The summed E-state index contributed by atoms with van der Waals surface area (Å²) in [6.45, 7) is 3.80. The molecule has 0 bridgehead atoms. The summed E-state index contributed by atoms with van der Waals surface area (Å²) in [5.74, 6) is -1.11. The molecule has 1 unspecified atom stereocenters. The molecular weight excluding hydrogens is 212 g/mol. The van der Waals surface area contributed by atoms with Crippen LogP contribution in [0.4, 0.5) is 8.78 Å². The summed E-state index contributed by atoms with van der Waals surface area (Å²) in [4.78, 5) is 0. The molecule has 1 rings (SSSR count). The van der Waals surface area contributed by atoms with Crippen molar-refractivity contribution in [1.82, 2.24) is 0 Å². The summed E-state index contributed by atoms with van der Waals surface area (Å²) in [5.41, 5.74) is 5.76. The zero-order chi connectivity index (χ0) is 12.3. The molecule has 2 nitrogen and oxygen atoms in total. The van der Waals surface area contributed by atoms with Gasteiger partial charge in [-0.05, 0) is 5.92 Å². The van der Waals surface area contributed by atoms with Gasteiger partial charge in [0.2, 0.25) is 0 Å². The quantitative estimate of drug-likeness (QED) is 0.861. The first-order valence-electron chi connectivity index (χ1n) is 5.29. The normalized spacial score (nSPS) is 14.6. The molecule has 0 aliphatic rings. The van der Waals surface area contributed by atoms with Gasteiger partial charge in [0.15, 0.2) is 0 Å². The van der Waals surface area contributed by atoms with E-state index in [2.05, 4.69) is 0 Å². The lowest BCUT2D eigenvalue weighted by atomic mass is 9.92. The van der Waals surface area contributed by atoms with Gasteiger partial charge in [0, 0.05) is 23.7 Å². The topological polar surface area (TPSA) is 35.2 Å². The highest BCUT2D eigenvalue weighted by Crippen LogP contribution is 2.29. The Morgan fingerprint density at radius 2 is 1.81 bits per heavy atom. The standard InChI is InChI=1S/C12H17F2NO/c1-4-7(2)12(15)11-9(13)5-8(16-3)6-10(11)14/h5-7,12H,4,15H2,1-3H3/t7?,12-/m1/s1. The first-order valence-corrected chi connectivity index (χ1v) is 5.29. The summed E-state index contributed by atoms with van der Waals surface area (Å²) in [6.07, 6.45) is 0.770. The second-order valence-corrected chi connectivity index (χ2v) is 3.92. The Morgan fingerprint density at radius 1 is 1.31 bits per heavy atom. The third-order valence-electron chi connectivity index (χ3n) is 2.88. The van der Waals surface area contributed by atoms with E-state index in [9.17, 15) is 8.78 Å². The van der Waals surface area contributed by atoms with Crippen molar-refractivity contribution in [1.29, 1.82) is 0 Å². The lowest BCUT2D eigenvalue weighted by Gasteiger charge is -2.20. The van der Waals surface area contributed by atoms with Crippen LogP contribution in [-0.2, 0) is 0 Å². The molecule has 0 radical (unpaired) electrons. The van der Waals surface area contributed by atoms with E-state index in [-0.39, 0.29) is 17.2 Å². The minimum absolute atomic E-state index is 0.0254. The van der Waals surface area contributed by atoms with Crippen LogP contribution in [0.3, 0.4) is 0 Å². The molecule has 2 atom stereocenters. The fraction of sp³-hybridized carbons (Fsp3) is 0.500. The summed E-state index contributed by atoms with van der Waals surface area (Å²) in [7, 11) is 1.36. The van der Waals surface area contributed by atoms with E-state index in [1.807, 2.05) is 13.8 Å². The number of hydrogen-bond donors (Lipinski definition) is 1. The van der Waals surface area contributed by atoms with Gasteiger partial charge < -0.3 is 10.5 Å². The van der Waals surface area contributed by atoms with Crippen LogP contribution in [0.5, 0.6) is 5.75 Å². The van der Waals surface area contributed by atoms with Crippen molar-refractivity contribution in [3.63, 3.8) is 0 Å². The first-order chi connectivity index (χ1) is 7.51. The molecule has 16 heavy (non-hydrogen) atoms. The van der Waals surface area contributed by atoms with Gasteiger partial charge in [-0.25, -0.2) is 8.78 Å². The predicted octanol–water partition coefficient (Wildman–Crippen LogP) is 3.02. The second-order valence-electron chi connectivity index (χ2n) is 3.92. The Labute approximate surface area is 94.4 Å². The van der Waals surface area contributed by atoms with Gasteiger partial charge in [0.05, 0.1) is 7.11 Å². The average Bonchev–Trinajstić information content (AvgIpc) is 2.26. The summed E-state index contributed by atoms with van der Waals surface area (Å²) >= 11 is 0. The van der Waals surface area contributed by atoms with Crippen LogP contribution < -0.4 is 10.5 Å². The fourth-order valence-corrected chi connectivity index (χ4v) is 1.54. The van der Waals surface area contributed by atoms with Gasteiger partial charge in [-0.2, -0.15) is 0 Å². The van der Waals surface area contributed by atoms with E-state index in [4.69, 9.17) is 10.5 Å². The summed E-state index contributed by atoms with van der Waals surface area (Å²) in [6, 6.07) is 1.68. The van der Waals surface area contributed by atoms with Crippen molar-refractivity contribution in [2.24, 2.45) is 11.7 Å². The molecular formula is C12H17F2NO. The Kier molecular flexibility index (Phi) is 4.24. The van der Waals surface area contributed by atoms with Crippen LogP contribution in [0.2, 0.25) is 0 Å². The van der Waals surface area contributed by atoms with E-state index in [0.29, 0.717) is 0 Å². The molecule has 0 amide bonds. The zero-order valence-electron chi connectivity index (χ0n) is 9.76. The fourth-order valence-electron chi connectivity index (χ4n) is 1.54. The Hall–Kier alpha value is -1.16. The van der Waals surface area contributed by atoms with Gasteiger partial charge >= 0.3 is 0 Å². The Bertz CT molecular complexity index is 345. The predicted molar refractivity (Wildman–Crippen MR) is 59.3 cm³/mol. The number of hydrogen-bond acceptors (Lipinski definition) is 2. The maximum absolute atomic E-state index is 13.6. The number of rotatable bonds is 4. The van der Waals surface area contributed by atoms with Gasteiger partial charge in [0.1, 0.15) is 17.4 Å². The molecule has 0 aliphatic carbocycles. The SMILES string of the molecule is CCC(C)[C@@H](N)c1c(F)cc(OC)cc1F. The van der Waals surface area contributed by atoms with Crippen molar-refractivity contribution in [3.05, 3.63) is 29.3 Å². The van der Waals surface area contributed by atoms with Gasteiger partial charge in [0.25, 0.3) is 0 Å².